The van der Waals surface area contributed by atoms with Gasteiger partial charge in [0.25, 0.3) is 0 Å². The summed E-state index contributed by atoms with van der Waals surface area (Å²) in [6, 6.07) is 32.0. The van der Waals surface area contributed by atoms with Gasteiger partial charge in [-0.15, -0.1) is 22.1 Å². The number of unbranched alkanes of at least 4 members (excludes halogenated alkanes) is 6. The largest absolute Gasteiger partial charge is 2.00 e. The molecule has 0 atom stereocenters. The standard InChI is InChI=1S/C65H66N4O3Si3.Zn/c1-11-12-13-14-15-16-17-27-51-55-34-36-57(66-55)52(31-28-45-21-18-24-48(42-45)70-73-63(2,3)4)59-38-40-61(68-59)54(33-30-47-23-20-26-50(44-47)72-75-65(8,9)10)62-41-39-60(69-62)53(58-37-35-56(51)67-58)32-29-46-22-19-25-49(43-46)71-74-64(5,6)7;/h18-26,34-44H,11-17,27H2,1-10H3;/q-2;+2. The summed E-state index contributed by atoms with van der Waals surface area (Å²) in [6.45, 7) is 21.8. The van der Waals surface area contributed by atoms with Crippen molar-refractivity contribution < 1.29 is 32.8 Å². The summed E-state index contributed by atoms with van der Waals surface area (Å²) in [5.41, 5.74) is 11.6. The molecule has 2 aliphatic rings. The smallest absolute Gasteiger partial charge is 0.656 e. The minimum atomic E-state index is 0. The average Bonchev–Trinajstić information content (AvgIpc) is 4.24. The van der Waals surface area contributed by atoms with Crippen molar-refractivity contribution in [2.45, 2.75) is 136 Å². The van der Waals surface area contributed by atoms with Crippen molar-refractivity contribution in [2.75, 3.05) is 0 Å². The maximum absolute atomic E-state index is 6.22. The number of nitrogens with zero attached hydrogens (tertiary/aromatic N) is 4. The van der Waals surface area contributed by atoms with Gasteiger partial charge < -0.3 is 23.2 Å². The second-order valence-electron chi connectivity index (χ2n) is 22.0. The summed E-state index contributed by atoms with van der Waals surface area (Å²) in [7, 11) is 0.919. The van der Waals surface area contributed by atoms with Gasteiger partial charge in [-0.1, -0.05) is 186 Å². The summed E-state index contributed by atoms with van der Waals surface area (Å²) < 4.78 is 18.7. The Morgan fingerprint density at radius 3 is 1.14 bits per heavy atom. The van der Waals surface area contributed by atoms with Gasteiger partial charge in [0.2, 0.25) is 0 Å². The first-order chi connectivity index (χ1) is 35.9. The molecule has 7 nitrogen and oxygen atoms in total. The summed E-state index contributed by atoms with van der Waals surface area (Å²) >= 11 is 0. The van der Waals surface area contributed by atoms with Crippen LogP contribution in [0.3, 0.4) is 0 Å². The molecule has 3 aromatic carbocycles. The van der Waals surface area contributed by atoms with E-state index in [9.17, 15) is 0 Å². The predicted octanol–water partition coefficient (Wildman–Crippen LogP) is 15.1. The quantitative estimate of drug-likeness (QED) is 0.0609. The molecule has 76 heavy (non-hydrogen) atoms. The van der Waals surface area contributed by atoms with Crippen molar-refractivity contribution in [3.05, 3.63) is 159 Å². The molecule has 3 aromatic heterocycles. The second-order valence-corrected chi connectivity index (χ2v) is 27.8. The van der Waals surface area contributed by atoms with Crippen molar-refractivity contribution in [3.63, 3.8) is 0 Å². The Kier molecular flexibility index (Phi) is 19.7. The summed E-state index contributed by atoms with van der Waals surface area (Å²) in [5, 5.41) is 0.121. The predicted molar refractivity (Wildman–Crippen MR) is 314 cm³/mol. The Morgan fingerprint density at radius 2 is 0.763 bits per heavy atom. The Bertz CT molecular complexity index is 3280. The Balaban J connectivity index is 0.00000840. The summed E-state index contributed by atoms with van der Waals surface area (Å²) in [6.07, 6.45) is 17.6. The second kappa shape index (κ2) is 26.1. The Labute approximate surface area is 472 Å². The zero-order chi connectivity index (χ0) is 53.0. The number of benzene rings is 3. The van der Waals surface area contributed by atoms with Gasteiger partial charge >= 0.3 is 48.8 Å². The number of rotatable bonds is 14. The fraction of sp³-hybridized carbons (Fsp3) is 0.323. The summed E-state index contributed by atoms with van der Waals surface area (Å²) in [5.74, 6) is 23.3. The number of fused-ring (bicyclic) bond motifs is 8. The molecule has 0 aliphatic carbocycles. The number of hydrogen-bond donors (Lipinski definition) is 0. The zero-order valence-corrected chi connectivity index (χ0v) is 51.9. The van der Waals surface area contributed by atoms with Gasteiger partial charge in [0.1, 0.15) is 17.2 Å². The van der Waals surface area contributed by atoms with Crippen molar-refractivity contribution in [3.8, 4) is 52.8 Å². The molecule has 11 heteroatoms. The third kappa shape index (κ3) is 16.8. The van der Waals surface area contributed by atoms with E-state index in [0.29, 0.717) is 68.0 Å². The Morgan fingerprint density at radius 1 is 0.421 bits per heavy atom. The zero-order valence-electron chi connectivity index (χ0n) is 45.9. The first-order valence-electron chi connectivity index (χ1n) is 26.2. The van der Waals surface area contributed by atoms with E-state index in [-0.39, 0.29) is 34.6 Å². The minimum Gasteiger partial charge on any atom is -0.656 e. The van der Waals surface area contributed by atoms with Gasteiger partial charge in [-0.25, -0.2) is 9.97 Å². The van der Waals surface area contributed by atoms with Gasteiger partial charge in [-0.05, 0) is 112 Å². The van der Waals surface area contributed by atoms with Gasteiger partial charge in [0.05, 0.1) is 22.8 Å². The third-order valence-corrected chi connectivity index (χ3v) is 14.5. The van der Waals surface area contributed by atoms with Gasteiger partial charge in [0, 0.05) is 33.4 Å². The first kappa shape index (κ1) is 57.3. The molecule has 2 aliphatic heterocycles. The van der Waals surface area contributed by atoms with Gasteiger partial charge in [0.15, 0.2) is 0 Å². The molecule has 0 amide bonds. The van der Waals surface area contributed by atoms with Crippen LogP contribution in [0.4, 0.5) is 0 Å². The molecule has 6 aromatic rings. The maximum Gasteiger partial charge on any atom is 2.00 e. The molecular formula is C65H66N4O3Si3Zn. The topological polar surface area (TPSA) is 81.7 Å². The van der Waals surface area contributed by atoms with Crippen molar-refractivity contribution >= 4 is 75.7 Å². The van der Waals surface area contributed by atoms with Crippen LogP contribution in [0, 0.1) is 35.5 Å². The van der Waals surface area contributed by atoms with Gasteiger partial charge in [-0.2, -0.15) is 0 Å². The van der Waals surface area contributed by atoms with E-state index in [1.165, 1.54) is 32.1 Å². The molecule has 8 rings (SSSR count). The molecule has 0 N–H and O–H groups in total. The van der Waals surface area contributed by atoms with Crippen molar-refractivity contribution in [1.82, 2.24) is 19.9 Å². The van der Waals surface area contributed by atoms with E-state index in [4.69, 9.17) is 33.2 Å². The van der Waals surface area contributed by atoms with Crippen LogP contribution in [0.2, 0.25) is 15.1 Å². The van der Waals surface area contributed by atoms with Gasteiger partial charge in [-0.3, -0.25) is 0 Å². The van der Waals surface area contributed by atoms with Crippen LogP contribution < -0.4 is 23.2 Å². The molecule has 8 bridgehead atoms. The molecule has 6 radical (unpaired) electrons. The molecule has 0 fully saturated rings. The van der Waals surface area contributed by atoms with E-state index in [2.05, 4.69) is 129 Å². The van der Waals surface area contributed by atoms with Crippen molar-refractivity contribution in [2.24, 2.45) is 0 Å². The normalized spacial score (nSPS) is 11.9. The van der Waals surface area contributed by atoms with Crippen LogP contribution in [0.5, 0.6) is 17.2 Å². The molecule has 5 heterocycles. The molecule has 0 saturated heterocycles. The van der Waals surface area contributed by atoms with E-state index < -0.39 is 0 Å². The first-order valence-corrected chi connectivity index (χ1v) is 28.9. The van der Waals surface area contributed by atoms with Crippen LogP contribution >= 0.6 is 0 Å². The average molecular weight is 1100 g/mol. The number of hydrogen-bond acceptors (Lipinski definition) is 5. The fourth-order valence-electron chi connectivity index (χ4n) is 8.00. The maximum atomic E-state index is 6.22. The number of aromatic nitrogens is 4. The van der Waals surface area contributed by atoms with Crippen LogP contribution in [0.1, 0.15) is 176 Å². The minimum absolute atomic E-state index is 0. The summed E-state index contributed by atoms with van der Waals surface area (Å²) in [4.78, 5) is 21.4. The molecule has 0 saturated carbocycles. The van der Waals surface area contributed by atoms with Crippen LogP contribution in [-0.4, -0.2) is 39.3 Å². The monoisotopic (exact) mass is 1100 g/mol. The molecular weight excluding hydrogens is 1030 g/mol. The van der Waals surface area contributed by atoms with Crippen molar-refractivity contribution in [1.29, 1.82) is 0 Å². The molecule has 378 valence electrons. The van der Waals surface area contributed by atoms with E-state index in [1.807, 2.05) is 97.1 Å². The van der Waals surface area contributed by atoms with E-state index in [1.54, 1.807) is 0 Å². The van der Waals surface area contributed by atoms with Crippen LogP contribution in [0.25, 0.3) is 46.4 Å². The SMILES string of the molecule is CCCCCCCCCc1c2nc(c(C#Cc3cccc(O[Si]C(C)(C)C)c3)c3ccc([n-]3)c(C#Cc3cccc(O[Si]C(C)(C)C)c3)c3ccc([n-]3)c(C#Cc3cccc(O[Si]C(C)(C)C)c3)c3nc1C=C3)C=C2.[Zn+2]. The Hall–Kier alpha value is -6.39. The third-order valence-electron chi connectivity index (χ3n) is 11.7. The van der Waals surface area contributed by atoms with E-state index >= 15 is 0 Å². The molecule has 0 unspecified atom stereocenters. The van der Waals surface area contributed by atoms with E-state index in [0.717, 1.165) is 81.5 Å². The fourth-order valence-corrected chi connectivity index (χ4v) is 9.65. The van der Waals surface area contributed by atoms with Crippen LogP contribution in [-0.2, 0) is 25.9 Å². The molecule has 0 spiro atoms. The van der Waals surface area contributed by atoms with Crippen LogP contribution in [0.15, 0.2) is 97.1 Å².